The molecule has 0 unspecified atom stereocenters. The van der Waals surface area contributed by atoms with Crippen LogP contribution in [0.3, 0.4) is 0 Å². The number of anilines is 1. The van der Waals surface area contributed by atoms with E-state index in [0.29, 0.717) is 25.1 Å². The number of carbonyl (C=O) groups excluding carboxylic acids is 1. The number of amidine groups is 1. The van der Waals surface area contributed by atoms with Gasteiger partial charge in [0, 0.05) is 10.6 Å². The Kier molecular flexibility index (Phi) is 5.76. The van der Waals surface area contributed by atoms with Crippen LogP contribution in [-0.4, -0.2) is 16.2 Å². The largest absolute Gasteiger partial charge is 0.506 e. The van der Waals surface area contributed by atoms with E-state index in [0.717, 1.165) is 11.4 Å². The van der Waals surface area contributed by atoms with Gasteiger partial charge in [-0.2, -0.15) is 0 Å². The van der Waals surface area contributed by atoms with E-state index in [1.165, 1.54) is 11.8 Å². The van der Waals surface area contributed by atoms with E-state index in [1.807, 2.05) is 60.7 Å². The molecule has 7 heteroatoms. The first-order valence-corrected chi connectivity index (χ1v) is 10.6. The van der Waals surface area contributed by atoms with Crippen LogP contribution in [0.4, 0.5) is 11.4 Å². The fraction of sp³-hybridized carbons (Fsp3) is 0. The topological polar surface area (TPSA) is 52.9 Å². The van der Waals surface area contributed by atoms with Gasteiger partial charge >= 0.3 is 0 Å². The zero-order valence-electron chi connectivity index (χ0n) is 14.9. The molecule has 144 valence electrons. The zero-order chi connectivity index (χ0) is 20.4. The number of nitrogens with zero attached hydrogens (tertiary/aromatic N) is 2. The normalized spacial score (nSPS) is 16.8. The zero-order valence-corrected chi connectivity index (χ0v) is 18.1. The molecule has 4 rings (SSSR count). The highest BCUT2D eigenvalue weighted by molar-refractivity contribution is 9.10. The Morgan fingerprint density at radius 2 is 1.69 bits per heavy atom. The van der Waals surface area contributed by atoms with Crippen LogP contribution in [0.15, 0.2) is 87.2 Å². The van der Waals surface area contributed by atoms with E-state index >= 15 is 0 Å². The van der Waals surface area contributed by atoms with Crippen LogP contribution < -0.4 is 4.90 Å². The van der Waals surface area contributed by atoms with Crippen LogP contribution >= 0.6 is 39.3 Å². The van der Waals surface area contributed by atoms with Crippen LogP contribution in [0.2, 0.25) is 5.02 Å². The molecular weight excluding hydrogens is 472 g/mol. The smallest absolute Gasteiger partial charge is 0.271 e. The summed E-state index contributed by atoms with van der Waals surface area (Å²) in [5.74, 6) is -0.193. The predicted octanol–water partition coefficient (Wildman–Crippen LogP) is 6.62. The lowest BCUT2D eigenvalue weighted by Gasteiger charge is -2.15. The standard InChI is InChI=1S/C22H14BrClN2O2S/c23-18-13-15(24)11-14(20(18)27)12-19-21(28)26(17-9-5-2-6-10-17)22(29-19)25-16-7-3-1-4-8-16/h1-13,27H/b19-12-,25-22?. The Morgan fingerprint density at radius 1 is 1.03 bits per heavy atom. The van der Waals surface area contributed by atoms with Crippen LogP contribution in [0, 0.1) is 0 Å². The van der Waals surface area contributed by atoms with Crippen molar-refractivity contribution in [1.29, 1.82) is 0 Å². The van der Waals surface area contributed by atoms with Gasteiger partial charge < -0.3 is 5.11 Å². The molecular formula is C22H14BrClN2O2S. The summed E-state index contributed by atoms with van der Waals surface area (Å²) in [4.78, 5) is 19.9. The molecule has 0 aliphatic carbocycles. The number of rotatable bonds is 3. The average Bonchev–Trinajstić information content (AvgIpc) is 3.02. The Hall–Kier alpha value is -2.54. The molecule has 1 N–H and O–H groups in total. The number of thioether (sulfide) groups is 1. The number of carbonyl (C=O) groups is 1. The molecule has 1 aliphatic heterocycles. The van der Waals surface area contributed by atoms with Gasteiger partial charge in [0.05, 0.1) is 20.8 Å². The van der Waals surface area contributed by atoms with E-state index in [2.05, 4.69) is 20.9 Å². The average molecular weight is 486 g/mol. The molecule has 1 aliphatic rings. The van der Waals surface area contributed by atoms with E-state index in [-0.39, 0.29) is 11.7 Å². The molecule has 4 nitrogen and oxygen atoms in total. The van der Waals surface area contributed by atoms with Crippen LogP contribution in [0.1, 0.15) is 5.56 Å². The molecule has 0 radical (unpaired) electrons. The summed E-state index contributed by atoms with van der Waals surface area (Å²) in [6.45, 7) is 0. The fourth-order valence-corrected chi connectivity index (χ4v) is 4.63. The van der Waals surface area contributed by atoms with Crippen molar-refractivity contribution in [1.82, 2.24) is 0 Å². The highest BCUT2D eigenvalue weighted by atomic mass is 79.9. The van der Waals surface area contributed by atoms with Crippen molar-refractivity contribution in [2.75, 3.05) is 4.90 Å². The third-order valence-corrected chi connectivity index (χ3v) is 5.94. The number of hydrogen-bond donors (Lipinski definition) is 1. The van der Waals surface area contributed by atoms with Gasteiger partial charge in [-0.05, 0) is 70.2 Å². The van der Waals surface area contributed by atoms with Gasteiger partial charge in [-0.25, -0.2) is 4.99 Å². The number of halogens is 2. The van der Waals surface area contributed by atoms with Crippen molar-refractivity contribution in [3.8, 4) is 5.75 Å². The maximum atomic E-state index is 13.2. The number of aromatic hydroxyl groups is 1. The lowest BCUT2D eigenvalue weighted by molar-refractivity contribution is -0.113. The van der Waals surface area contributed by atoms with Crippen molar-refractivity contribution in [2.24, 2.45) is 4.99 Å². The number of phenols is 1. The summed E-state index contributed by atoms with van der Waals surface area (Å²) in [6, 6.07) is 22.0. The van der Waals surface area contributed by atoms with Gasteiger partial charge in [-0.1, -0.05) is 48.0 Å². The van der Waals surface area contributed by atoms with Gasteiger partial charge in [-0.3, -0.25) is 9.69 Å². The van der Waals surface area contributed by atoms with Gasteiger partial charge in [0.25, 0.3) is 5.91 Å². The lowest BCUT2D eigenvalue weighted by atomic mass is 10.2. The minimum atomic E-state index is -0.216. The van der Waals surface area contributed by atoms with Crippen LogP contribution in [0.25, 0.3) is 6.08 Å². The van der Waals surface area contributed by atoms with Gasteiger partial charge in [0.15, 0.2) is 5.17 Å². The second-order valence-electron chi connectivity index (χ2n) is 6.14. The summed E-state index contributed by atoms with van der Waals surface area (Å²) in [5.41, 5.74) is 1.92. The molecule has 29 heavy (non-hydrogen) atoms. The quantitative estimate of drug-likeness (QED) is 0.424. The number of aliphatic imine (C=N–C) groups is 1. The molecule has 1 heterocycles. The Balaban J connectivity index is 1.80. The number of amides is 1. The van der Waals surface area contributed by atoms with Crippen molar-refractivity contribution in [2.45, 2.75) is 0 Å². The van der Waals surface area contributed by atoms with Crippen LogP contribution in [-0.2, 0) is 4.79 Å². The van der Waals surface area contributed by atoms with Crippen molar-refractivity contribution >= 4 is 67.8 Å². The number of hydrogen-bond acceptors (Lipinski definition) is 4. The van der Waals surface area contributed by atoms with E-state index in [9.17, 15) is 9.90 Å². The van der Waals surface area contributed by atoms with E-state index in [4.69, 9.17) is 11.6 Å². The summed E-state index contributed by atoms with van der Waals surface area (Å²) >= 11 is 10.6. The summed E-state index contributed by atoms with van der Waals surface area (Å²) in [6.07, 6.45) is 1.63. The second-order valence-corrected chi connectivity index (χ2v) is 8.44. The second kappa shape index (κ2) is 8.45. The molecule has 0 atom stereocenters. The summed E-state index contributed by atoms with van der Waals surface area (Å²) in [5, 5.41) is 11.3. The van der Waals surface area contributed by atoms with Crippen molar-refractivity contribution in [3.05, 3.63) is 92.8 Å². The van der Waals surface area contributed by atoms with Gasteiger partial charge in [0.2, 0.25) is 0 Å². The molecule has 0 bridgehead atoms. The Labute approximate surface area is 185 Å². The molecule has 1 saturated heterocycles. The molecule has 3 aromatic carbocycles. The Bertz CT molecular complexity index is 1130. The maximum absolute atomic E-state index is 13.2. The van der Waals surface area contributed by atoms with E-state index < -0.39 is 0 Å². The Morgan fingerprint density at radius 3 is 2.38 bits per heavy atom. The van der Waals surface area contributed by atoms with Gasteiger partial charge in [0.1, 0.15) is 5.75 Å². The number of phenolic OH excluding ortho intramolecular Hbond substituents is 1. The minimum Gasteiger partial charge on any atom is -0.506 e. The first-order chi connectivity index (χ1) is 14.0. The number of benzene rings is 3. The molecule has 0 aromatic heterocycles. The third-order valence-electron chi connectivity index (χ3n) is 4.15. The monoisotopic (exact) mass is 484 g/mol. The fourth-order valence-electron chi connectivity index (χ4n) is 2.80. The highest BCUT2D eigenvalue weighted by Crippen LogP contribution is 2.40. The molecule has 1 fully saturated rings. The first-order valence-electron chi connectivity index (χ1n) is 8.64. The summed E-state index contributed by atoms with van der Waals surface area (Å²) < 4.78 is 0.463. The molecule has 1 amide bonds. The predicted molar refractivity (Wildman–Crippen MR) is 124 cm³/mol. The number of para-hydroxylation sites is 2. The van der Waals surface area contributed by atoms with Gasteiger partial charge in [-0.15, -0.1) is 0 Å². The molecule has 0 saturated carbocycles. The molecule has 0 spiro atoms. The maximum Gasteiger partial charge on any atom is 0.271 e. The van der Waals surface area contributed by atoms with Crippen molar-refractivity contribution in [3.63, 3.8) is 0 Å². The first kappa shape index (κ1) is 19.8. The van der Waals surface area contributed by atoms with E-state index in [1.54, 1.807) is 23.1 Å². The SMILES string of the molecule is O=C1/C(=C/c2cc(Cl)cc(Br)c2O)SC(=Nc2ccccc2)N1c1ccccc1. The van der Waals surface area contributed by atoms with Crippen molar-refractivity contribution < 1.29 is 9.90 Å². The highest BCUT2D eigenvalue weighted by Gasteiger charge is 2.35. The third kappa shape index (κ3) is 4.24. The summed E-state index contributed by atoms with van der Waals surface area (Å²) in [7, 11) is 0. The molecule has 3 aromatic rings. The van der Waals surface area contributed by atoms with Crippen LogP contribution in [0.5, 0.6) is 5.75 Å². The minimum absolute atomic E-state index is 0.0232. The lowest BCUT2D eigenvalue weighted by Crippen LogP contribution is -2.28.